The van der Waals surface area contributed by atoms with Gasteiger partial charge in [0.1, 0.15) is 11.6 Å². The highest BCUT2D eigenvalue weighted by Gasteiger charge is 2.24. The first-order valence-electron chi connectivity index (χ1n) is 8.12. The van der Waals surface area contributed by atoms with Gasteiger partial charge in [-0.2, -0.15) is 0 Å². The molecule has 0 fully saturated rings. The lowest BCUT2D eigenvalue weighted by Gasteiger charge is -2.30. The summed E-state index contributed by atoms with van der Waals surface area (Å²) in [6, 6.07) is 9.76. The van der Waals surface area contributed by atoms with Crippen LogP contribution in [-0.4, -0.2) is 26.1 Å². The summed E-state index contributed by atoms with van der Waals surface area (Å²) in [5, 5.41) is 3.09. The molecule has 0 saturated heterocycles. The fourth-order valence-electron chi connectivity index (χ4n) is 3.10. The minimum Gasteiger partial charge on any atom is -0.358 e. The second-order valence-corrected chi connectivity index (χ2v) is 6.06. The second-order valence-electron chi connectivity index (χ2n) is 6.06. The van der Waals surface area contributed by atoms with Crippen molar-refractivity contribution in [1.82, 2.24) is 19.4 Å². The highest BCUT2D eigenvalue weighted by molar-refractivity contribution is 5.52. The van der Waals surface area contributed by atoms with E-state index in [1.54, 1.807) is 24.5 Å². The molecule has 2 aromatic heterocycles. The van der Waals surface area contributed by atoms with Gasteiger partial charge in [0.15, 0.2) is 0 Å². The topological polar surface area (TPSA) is 83.0 Å². The maximum Gasteiger partial charge on any atom is 0.334 e. The van der Waals surface area contributed by atoms with Gasteiger partial charge in [0.05, 0.1) is 17.9 Å². The Balaban J connectivity index is 1.74. The van der Waals surface area contributed by atoms with E-state index < -0.39 is 17.1 Å². The summed E-state index contributed by atoms with van der Waals surface area (Å²) in [6.07, 6.45) is 3.46. The lowest BCUT2D eigenvalue weighted by Crippen LogP contribution is -2.42. The molecule has 26 heavy (non-hydrogen) atoms. The molecule has 1 aliphatic rings. The average molecular weight is 353 g/mol. The molecule has 7 nitrogen and oxygen atoms in total. The molecule has 0 radical (unpaired) electrons. The monoisotopic (exact) mass is 353 g/mol. The minimum atomic E-state index is -0.674. The third-order valence-corrected chi connectivity index (χ3v) is 4.28. The van der Waals surface area contributed by atoms with E-state index >= 15 is 0 Å². The number of rotatable bonds is 3. The number of hydrogen-bond donors (Lipinski definition) is 2. The normalized spacial score (nSPS) is 13.9. The van der Waals surface area contributed by atoms with E-state index in [1.165, 1.54) is 16.7 Å². The summed E-state index contributed by atoms with van der Waals surface area (Å²) in [5.41, 5.74) is 0.353. The van der Waals surface area contributed by atoms with Crippen LogP contribution in [0.3, 0.4) is 0 Å². The molecular formula is C18H16FN5O2. The van der Waals surface area contributed by atoms with Gasteiger partial charge in [-0.25, -0.2) is 13.8 Å². The zero-order chi connectivity index (χ0) is 18.1. The van der Waals surface area contributed by atoms with Crippen LogP contribution in [0.5, 0.6) is 0 Å². The van der Waals surface area contributed by atoms with Gasteiger partial charge in [0.25, 0.3) is 5.56 Å². The van der Waals surface area contributed by atoms with Crippen molar-refractivity contribution in [3.63, 3.8) is 0 Å². The van der Waals surface area contributed by atoms with E-state index in [1.807, 2.05) is 17.0 Å². The molecule has 3 heterocycles. The Morgan fingerprint density at radius 1 is 1.15 bits per heavy atom. The van der Waals surface area contributed by atoms with Crippen molar-refractivity contribution in [3.8, 4) is 5.69 Å². The number of pyridine rings is 1. The molecule has 3 aromatic rings. The van der Waals surface area contributed by atoms with Crippen LogP contribution in [0.4, 0.5) is 10.2 Å². The van der Waals surface area contributed by atoms with E-state index in [-0.39, 0.29) is 5.69 Å². The Morgan fingerprint density at radius 3 is 2.77 bits per heavy atom. The van der Waals surface area contributed by atoms with Crippen molar-refractivity contribution in [2.24, 2.45) is 0 Å². The third-order valence-electron chi connectivity index (χ3n) is 4.28. The quantitative estimate of drug-likeness (QED) is 0.745. The van der Waals surface area contributed by atoms with E-state index in [9.17, 15) is 14.0 Å². The molecular weight excluding hydrogens is 337 g/mol. The van der Waals surface area contributed by atoms with Crippen LogP contribution in [0.1, 0.15) is 11.1 Å². The lowest BCUT2D eigenvalue weighted by atomic mass is 10.2. The molecule has 1 aliphatic heterocycles. The molecule has 0 aliphatic carbocycles. The first kappa shape index (κ1) is 16.2. The van der Waals surface area contributed by atoms with E-state index in [4.69, 9.17) is 0 Å². The predicted molar refractivity (Wildman–Crippen MR) is 94.6 cm³/mol. The Kier molecular flexibility index (Phi) is 4.10. The standard InChI is InChI=1S/C18H16FN5O2/c19-14-5-1-2-6-15(14)24-16-13(17(25)22-18(24)26)10-23(11-21-16)9-12-4-3-7-20-8-12/h1-8,21H,9-11H2,(H,22,25,26). The van der Waals surface area contributed by atoms with Gasteiger partial charge in [-0.15, -0.1) is 0 Å². The van der Waals surface area contributed by atoms with Crippen molar-refractivity contribution in [3.05, 3.63) is 86.6 Å². The molecule has 0 saturated carbocycles. The first-order valence-corrected chi connectivity index (χ1v) is 8.12. The number of aromatic amines is 1. The Hall–Kier alpha value is -3.26. The molecule has 1 aromatic carbocycles. The predicted octanol–water partition coefficient (Wildman–Crippen LogP) is 1.45. The lowest BCUT2D eigenvalue weighted by molar-refractivity contribution is 0.263. The van der Waals surface area contributed by atoms with Gasteiger partial charge >= 0.3 is 5.69 Å². The fraction of sp³-hybridized carbons (Fsp3) is 0.167. The molecule has 0 unspecified atom stereocenters. The van der Waals surface area contributed by atoms with Crippen molar-refractivity contribution in [2.75, 3.05) is 12.0 Å². The Bertz CT molecular complexity index is 1060. The average Bonchev–Trinajstić information content (AvgIpc) is 2.64. The van der Waals surface area contributed by atoms with Crippen LogP contribution < -0.4 is 16.6 Å². The van der Waals surface area contributed by atoms with Gasteiger partial charge in [-0.05, 0) is 23.8 Å². The fourth-order valence-corrected chi connectivity index (χ4v) is 3.10. The first-order chi connectivity index (χ1) is 12.6. The number of nitrogens with one attached hydrogen (secondary N) is 2. The van der Waals surface area contributed by atoms with E-state index in [2.05, 4.69) is 15.3 Å². The number of nitrogens with zero attached hydrogens (tertiary/aromatic N) is 3. The van der Waals surface area contributed by atoms with Crippen LogP contribution in [0.2, 0.25) is 0 Å². The zero-order valence-electron chi connectivity index (χ0n) is 13.8. The summed E-state index contributed by atoms with van der Waals surface area (Å²) in [6.45, 7) is 1.35. The van der Waals surface area contributed by atoms with Crippen LogP contribution in [0, 0.1) is 5.82 Å². The van der Waals surface area contributed by atoms with E-state index in [0.29, 0.717) is 31.1 Å². The molecule has 4 rings (SSSR count). The smallest absolute Gasteiger partial charge is 0.334 e. The van der Waals surface area contributed by atoms with Gasteiger partial charge in [0, 0.05) is 25.5 Å². The summed E-state index contributed by atoms with van der Waals surface area (Å²) >= 11 is 0. The summed E-state index contributed by atoms with van der Waals surface area (Å²) in [5.74, 6) is -0.213. The molecule has 0 atom stereocenters. The number of aromatic nitrogens is 3. The maximum absolute atomic E-state index is 14.2. The van der Waals surface area contributed by atoms with Crippen molar-refractivity contribution in [2.45, 2.75) is 13.1 Å². The number of hydrogen-bond acceptors (Lipinski definition) is 5. The van der Waals surface area contributed by atoms with Crippen LogP contribution in [0.25, 0.3) is 5.69 Å². The number of anilines is 1. The van der Waals surface area contributed by atoms with Crippen LogP contribution >= 0.6 is 0 Å². The number of para-hydroxylation sites is 1. The molecule has 0 spiro atoms. The highest BCUT2D eigenvalue weighted by Crippen LogP contribution is 2.23. The molecule has 8 heteroatoms. The molecule has 132 valence electrons. The summed E-state index contributed by atoms with van der Waals surface area (Å²) in [7, 11) is 0. The van der Waals surface area contributed by atoms with Gasteiger partial charge < -0.3 is 5.32 Å². The number of H-pyrrole nitrogens is 1. The third kappa shape index (κ3) is 2.91. The van der Waals surface area contributed by atoms with Crippen molar-refractivity contribution in [1.29, 1.82) is 0 Å². The maximum atomic E-state index is 14.2. The minimum absolute atomic E-state index is 0.0956. The number of benzene rings is 1. The number of halogens is 1. The van der Waals surface area contributed by atoms with Crippen molar-refractivity contribution < 1.29 is 4.39 Å². The largest absolute Gasteiger partial charge is 0.358 e. The van der Waals surface area contributed by atoms with Gasteiger partial charge in [0.2, 0.25) is 0 Å². The van der Waals surface area contributed by atoms with Crippen LogP contribution in [0.15, 0.2) is 58.4 Å². The second kappa shape index (κ2) is 6.57. The molecule has 0 amide bonds. The van der Waals surface area contributed by atoms with Gasteiger partial charge in [-0.1, -0.05) is 18.2 Å². The Morgan fingerprint density at radius 2 is 2.00 bits per heavy atom. The number of fused-ring (bicyclic) bond motifs is 1. The molecule has 0 bridgehead atoms. The summed E-state index contributed by atoms with van der Waals surface area (Å²) < 4.78 is 15.4. The van der Waals surface area contributed by atoms with Crippen LogP contribution in [-0.2, 0) is 13.1 Å². The Labute approximate surface area is 147 Å². The van der Waals surface area contributed by atoms with E-state index in [0.717, 1.165) is 5.56 Å². The molecule has 2 N–H and O–H groups in total. The van der Waals surface area contributed by atoms with Crippen molar-refractivity contribution >= 4 is 5.82 Å². The summed E-state index contributed by atoms with van der Waals surface area (Å²) in [4.78, 5) is 33.0. The zero-order valence-corrected chi connectivity index (χ0v) is 13.8. The van der Waals surface area contributed by atoms with Gasteiger partial charge in [-0.3, -0.25) is 19.7 Å². The highest BCUT2D eigenvalue weighted by atomic mass is 19.1. The SMILES string of the molecule is O=c1[nH]c(=O)n(-c2ccccc2F)c2c1CN(Cc1cccnc1)CN2.